The Morgan fingerprint density at radius 3 is 2.42 bits per heavy atom. The van der Waals surface area contributed by atoms with E-state index in [1.54, 1.807) is 30.3 Å². The fraction of sp³-hybridized carbons (Fsp3) is 0.176. The van der Waals surface area contributed by atoms with Crippen LogP contribution in [0.2, 0.25) is 0 Å². The van der Waals surface area contributed by atoms with Gasteiger partial charge in [-0.1, -0.05) is 0 Å². The summed E-state index contributed by atoms with van der Waals surface area (Å²) < 4.78 is 15.3. The monoisotopic (exact) mass is 330 g/mol. The molecule has 126 valence electrons. The van der Waals surface area contributed by atoms with Crippen LogP contribution in [0.4, 0.5) is 0 Å². The van der Waals surface area contributed by atoms with Gasteiger partial charge >= 0.3 is 0 Å². The van der Waals surface area contributed by atoms with Gasteiger partial charge < -0.3 is 19.3 Å². The zero-order chi connectivity index (χ0) is 17.5. The summed E-state index contributed by atoms with van der Waals surface area (Å²) in [5, 5.41) is 13.7. The number of benzene rings is 2. The van der Waals surface area contributed by atoms with Crippen LogP contribution >= 0.6 is 0 Å². The molecule has 2 N–H and O–H groups in total. The Hall–Kier alpha value is -3.22. The van der Waals surface area contributed by atoms with Crippen molar-refractivity contribution < 1.29 is 24.1 Å². The average molecular weight is 330 g/mol. The molecule has 2 aromatic rings. The second-order valence-corrected chi connectivity index (χ2v) is 4.69. The predicted octanol–water partition coefficient (Wildman–Crippen LogP) is 2.18. The second-order valence-electron chi connectivity index (χ2n) is 4.69. The van der Waals surface area contributed by atoms with E-state index in [0.29, 0.717) is 28.4 Å². The molecule has 0 saturated carbocycles. The van der Waals surface area contributed by atoms with Gasteiger partial charge in [-0.3, -0.25) is 4.79 Å². The number of rotatable bonds is 6. The summed E-state index contributed by atoms with van der Waals surface area (Å²) in [4.78, 5) is 12.1. The molecule has 2 rings (SSSR count). The van der Waals surface area contributed by atoms with Crippen molar-refractivity contribution in [3.63, 3.8) is 0 Å². The first-order valence-electron chi connectivity index (χ1n) is 7.01. The Balaban J connectivity index is 2.07. The number of methoxy groups -OCH3 is 3. The summed E-state index contributed by atoms with van der Waals surface area (Å²) in [6.07, 6.45) is 1.34. The van der Waals surface area contributed by atoms with E-state index in [-0.39, 0.29) is 5.75 Å². The first-order valence-corrected chi connectivity index (χ1v) is 7.01. The van der Waals surface area contributed by atoms with Crippen molar-refractivity contribution in [3.05, 3.63) is 47.5 Å². The highest BCUT2D eigenvalue weighted by molar-refractivity contribution is 5.95. The van der Waals surface area contributed by atoms with Gasteiger partial charge in [-0.25, -0.2) is 5.43 Å². The van der Waals surface area contributed by atoms with Gasteiger partial charge in [0.2, 0.25) is 0 Å². The third-order valence-electron chi connectivity index (χ3n) is 3.25. The number of amides is 1. The Bertz CT molecular complexity index is 759. The van der Waals surface area contributed by atoms with Crippen LogP contribution in [-0.4, -0.2) is 38.6 Å². The zero-order valence-corrected chi connectivity index (χ0v) is 13.6. The van der Waals surface area contributed by atoms with E-state index in [2.05, 4.69) is 10.5 Å². The third-order valence-corrected chi connectivity index (χ3v) is 3.25. The fourth-order valence-electron chi connectivity index (χ4n) is 1.96. The molecule has 0 aliphatic carbocycles. The number of ether oxygens (including phenoxy) is 3. The van der Waals surface area contributed by atoms with Crippen molar-refractivity contribution in [1.29, 1.82) is 0 Å². The number of hydrazone groups is 1. The van der Waals surface area contributed by atoms with E-state index in [1.807, 2.05) is 0 Å². The summed E-state index contributed by atoms with van der Waals surface area (Å²) >= 11 is 0. The number of phenols is 1. The molecule has 0 heterocycles. The maximum atomic E-state index is 12.1. The van der Waals surface area contributed by atoms with E-state index >= 15 is 0 Å². The number of hydrogen-bond acceptors (Lipinski definition) is 6. The minimum Gasteiger partial charge on any atom is -0.507 e. The highest BCUT2D eigenvalue weighted by Crippen LogP contribution is 2.27. The summed E-state index contributed by atoms with van der Waals surface area (Å²) in [5.41, 5.74) is 3.20. The van der Waals surface area contributed by atoms with Crippen LogP contribution < -0.4 is 19.6 Å². The Kier molecular flexibility index (Phi) is 5.62. The lowest BCUT2D eigenvalue weighted by Crippen LogP contribution is -2.17. The summed E-state index contributed by atoms with van der Waals surface area (Å²) in [5.74, 6) is 1.08. The molecule has 0 radical (unpaired) electrons. The number of nitrogens with one attached hydrogen (secondary N) is 1. The van der Waals surface area contributed by atoms with E-state index in [4.69, 9.17) is 14.2 Å². The highest BCUT2D eigenvalue weighted by atomic mass is 16.5. The van der Waals surface area contributed by atoms with Gasteiger partial charge in [0.05, 0.1) is 27.5 Å². The Morgan fingerprint density at radius 2 is 1.79 bits per heavy atom. The van der Waals surface area contributed by atoms with E-state index < -0.39 is 5.91 Å². The van der Waals surface area contributed by atoms with Crippen molar-refractivity contribution in [2.45, 2.75) is 0 Å². The largest absolute Gasteiger partial charge is 0.507 e. The normalized spacial score (nSPS) is 10.5. The van der Waals surface area contributed by atoms with Crippen LogP contribution in [0.5, 0.6) is 23.0 Å². The van der Waals surface area contributed by atoms with E-state index in [0.717, 1.165) is 0 Å². The summed E-state index contributed by atoms with van der Waals surface area (Å²) in [6.45, 7) is 0. The lowest BCUT2D eigenvalue weighted by molar-refractivity contribution is 0.0954. The maximum absolute atomic E-state index is 12.1. The predicted molar refractivity (Wildman–Crippen MR) is 89.3 cm³/mol. The quantitative estimate of drug-likeness (QED) is 0.626. The summed E-state index contributed by atoms with van der Waals surface area (Å²) in [6, 6.07) is 9.54. The molecule has 0 aliphatic rings. The van der Waals surface area contributed by atoms with E-state index in [1.165, 1.54) is 33.6 Å². The van der Waals surface area contributed by atoms with Gasteiger partial charge in [-0.05, 0) is 30.3 Å². The lowest BCUT2D eigenvalue weighted by Gasteiger charge is -2.08. The minimum absolute atomic E-state index is 0.00142. The molecule has 0 fully saturated rings. The number of aromatic hydroxyl groups is 1. The number of phenolic OH excluding ortho intramolecular Hbond substituents is 1. The molecule has 0 aromatic heterocycles. The molecule has 0 spiro atoms. The van der Waals surface area contributed by atoms with Crippen molar-refractivity contribution in [2.24, 2.45) is 5.10 Å². The minimum atomic E-state index is -0.416. The number of carbonyl (C=O) groups excluding carboxylic acids is 1. The van der Waals surface area contributed by atoms with Crippen LogP contribution in [0.15, 0.2) is 41.5 Å². The van der Waals surface area contributed by atoms with Gasteiger partial charge in [0.15, 0.2) is 11.5 Å². The molecule has 0 bridgehead atoms. The van der Waals surface area contributed by atoms with Crippen LogP contribution in [0.1, 0.15) is 15.9 Å². The third kappa shape index (κ3) is 3.95. The van der Waals surface area contributed by atoms with Gasteiger partial charge in [-0.15, -0.1) is 0 Å². The molecule has 0 aliphatic heterocycles. The molecule has 0 atom stereocenters. The Morgan fingerprint density at radius 1 is 1.04 bits per heavy atom. The van der Waals surface area contributed by atoms with E-state index in [9.17, 15) is 9.90 Å². The van der Waals surface area contributed by atoms with Crippen LogP contribution in [0, 0.1) is 0 Å². The van der Waals surface area contributed by atoms with Crippen LogP contribution in [0.25, 0.3) is 0 Å². The first kappa shape index (κ1) is 17.1. The second kappa shape index (κ2) is 7.87. The topological polar surface area (TPSA) is 89.4 Å². The van der Waals surface area contributed by atoms with Crippen molar-refractivity contribution in [3.8, 4) is 23.0 Å². The number of nitrogens with zero attached hydrogens (tertiary/aromatic N) is 1. The lowest BCUT2D eigenvalue weighted by atomic mass is 10.2. The number of carbonyl (C=O) groups is 1. The summed E-state index contributed by atoms with van der Waals surface area (Å²) in [7, 11) is 4.51. The molecular formula is C17H18N2O5. The zero-order valence-electron chi connectivity index (χ0n) is 13.6. The fourth-order valence-corrected chi connectivity index (χ4v) is 1.96. The van der Waals surface area contributed by atoms with Crippen molar-refractivity contribution in [1.82, 2.24) is 5.43 Å². The van der Waals surface area contributed by atoms with Gasteiger partial charge in [0, 0.05) is 17.2 Å². The molecule has 24 heavy (non-hydrogen) atoms. The Labute approximate surface area is 139 Å². The molecule has 1 amide bonds. The highest BCUT2D eigenvalue weighted by Gasteiger charge is 2.10. The average Bonchev–Trinajstić information content (AvgIpc) is 2.62. The van der Waals surface area contributed by atoms with Crippen molar-refractivity contribution >= 4 is 12.1 Å². The molecular weight excluding hydrogens is 312 g/mol. The molecule has 0 unspecified atom stereocenters. The van der Waals surface area contributed by atoms with Gasteiger partial charge in [-0.2, -0.15) is 5.10 Å². The molecule has 0 saturated heterocycles. The smallest absolute Gasteiger partial charge is 0.271 e. The van der Waals surface area contributed by atoms with Crippen LogP contribution in [0.3, 0.4) is 0 Å². The van der Waals surface area contributed by atoms with Crippen LogP contribution in [-0.2, 0) is 0 Å². The van der Waals surface area contributed by atoms with Crippen molar-refractivity contribution in [2.75, 3.05) is 21.3 Å². The maximum Gasteiger partial charge on any atom is 0.271 e. The number of hydrogen-bond donors (Lipinski definition) is 2. The molecule has 7 nitrogen and oxygen atoms in total. The SMILES string of the molecule is COc1ccc(C=NNC(=O)c2ccc(OC)c(OC)c2)c(O)c1. The van der Waals surface area contributed by atoms with Gasteiger partial charge in [0.25, 0.3) is 5.91 Å². The van der Waals surface area contributed by atoms with Gasteiger partial charge in [0.1, 0.15) is 11.5 Å². The standard InChI is InChI=1S/C17H18N2O5/c1-22-13-6-4-12(14(20)9-13)10-18-19-17(21)11-5-7-15(23-2)16(8-11)24-3/h4-10,20H,1-3H3,(H,19,21). The molecule has 2 aromatic carbocycles. The first-order chi connectivity index (χ1) is 11.6. The molecule has 7 heteroatoms.